The van der Waals surface area contributed by atoms with Gasteiger partial charge in [-0.15, -0.1) is 0 Å². The minimum atomic E-state index is -0.223. The Balaban J connectivity index is 1.86. The van der Waals surface area contributed by atoms with Crippen molar-refractivity contribution in [1.29, 1.82) is 0 Å². The zero-order valence-electron chi connectivity index (χ0n) is 11.3. The maximum atomic E-state index is 13.5. The van der Waals surface area contributed by atoms with Crippen molar-refractivity contribution in [2.75, 3.05) is 24.7 Å². The van der Waals surface area contributed by atoms with Gasteiger partial charge in [0.1, 0.15) is 5.82 Å². The van der Waals surface area contributed by atoms with Gasteiger partial charge in [-0.2, -0.15) is 11.8 Å². The van der Waals surface area contributed by atoms with E-state index in [0.717, 1.165) is 40.9 Å². The molecule has 0 radical (unpaired) electrons. The van der Waals surface area contributed by atoms with E-state index in [4.69, 9.17) is 5.11 Å². The predicted octanol–water partition coefficient (Wildman–Crippen LogP) is 2.58. The summed E-state index contributed by atoms with van der Waals surface area (Å²) in [5.74, 6) is 1.74. The van der Waals surface area contributed by atoms with Crippen LogP contribution in [0.3, 0.4) is 0 Å². The van der Waals surface area contributed by atoms with Crippen LogP contribution in [0.1, 0.15) is 12.0 Å². The standard InChI is InChI=1S/C15H19FN2OS/c16-14-9-12-3-1-4-18-15(12)13(10-14)11-17-5-8-20-7-2-6-19/h1,3-4,9-10,17,19H,2,5-8,11H2. The van der Waals surface area contributed by atoms with Gasteiger partial charge in [-0.05, 0) is 35.9 Å². The van der Waals surface area contributed by atoms with Gasteiger partial charge < -0.3 is 10.4 Å². The highest BCUT2D eigenvalue weighted by Gasteiger charge is 2.04. The molecule has 2 rings (SSSR count). The summed E-state index contributed by atoms with van der Waals surface area (Å²) in [6.07, 6.45) is 2.57. The Morgan fingerprint density at radius 3 is 3.05 bits per heavy atom. The molecule has 0 aliphatic rings. The number of fused-ring (bicyclic) bond motifs is 1. The smallest absolute Gasteiger partial charge is 0.124 e. The van der Waals surface area contributed by atoms with E-state index in [1.807, 2.05) is 23.9 Å². The van der Waals surface area contributed by atoms with E-state index in [9.17, 15) is 4.39 Å². The highest BCUT2D eigenvalue weighted by Crippen LogP contribution is 2.18. The Bertz CT molecular complexity index is 550. The summed E-state index contributed by atoms with van der Waals surface area (Å²) in [6, 6.07) is 6.74. The topological polar surface area (TPSA) is 45.1 Å². The lowest BCUT2D eigenvalue weighted by molar-refractivity contribution is 0.296. The summed E-state index contributed by atoms with van der Waals surface area (Å²) < 4.78 is 13.5. The quantitative estimate of drug-likeness (QED) is 0.735. The molecule has 108 valence electrons. The van der Waals surface area contributed by atoms with Crippen molar-refractivity contribution in [2.45, 2.75) is 13.0 Å². The van der Waals surface area contributed by atoms with Crippen molar-refractivity contribution in [3.8, 4) is 0 Å². The van der Waals surface area contributed by atoms with Gasteiger partial charge in [-0.3, -0.25) is 4.98 Å². The van der Waals surface area contributed by atoms with Crippen LogP contribution in [0, 0.1) is 5.82 Å². The van der Waals surface area contributed by atoms with Crippen molar-refractivity contribution < 1.29 is 9.50 Å². The number of aromatic nitrogens is 1. The number of thioether (sulfide) groups is 1. The SMILES string of the molecule is OCCCSCCNCc1cc(F)cc2cccnc12. The third kappa shape index (κ3) is 4.44. The van der Waals surface area contributed by atoms with Gasteiger partial charge in [0.2, 0.25) is 0 Å². The molecule has 2 aromatic rings. The minimum absolute atomic E-state index is 0.223. The lowest BCUT2D eigenvalue weighted by Gasteiger charge is -2.08. The number of rotatable bonds is 8. The zero-order valence-corrected chi connectivity index (χ0v) is 12.1. The molecular formula is C15H19FN2OS. The van der Waals surface area contributed by atoms with Gasteiger partial charge in [0.15, 0.2) is 0 Å². The van der Waals surface area contributed by atoms with E-state index < -0.39 is 0 Å². The van der Waals surface area contributed by atoms with Crippen LogP contribution in [0.15, 0.2) is 30.5 Å². The van der Waals surface area contributed by atoms with Gasteiger partial charge in [-0.25, -0.2) is 4.39 Å². The van der Waals surface area contributed by atoms with E-state index >= 15 is 0 Å². The van der Waals surface area contributed by atoms with E-state index in [2.05, 4.69) is 10.3 Å². The molecule has 0 unspecified atom stereocenters. The molecule has 0 saturated carbocycles. The first-order valence-corrected chi connectivity index (χ1v) is 7.89. The molecule has 0 fully saturated rings. The van der Waals surface area contributed by atoms with Crippen LogP contribution in [0.2, 0.25) is 0 Å². The minimum Gasteiger partial charge on any atom is -0.396 e. The van der Waals surface area contributed by atoms with E-state index in [0.29, 0.717) is 6.54 Å². The molecule has 20 heavy (non-hydrogen) atoms. The highest BCUT2D eigenvalue weighted by atomic mass is 32.2. The number of hydrogen-bond acceptors (Lipinski definition) is 4. The average molecular weight is 294 g/mol. The number of aliphatic hydroxyl groups excluding tert-OH is 1. The van der Waals surface area contributed by atoms with Crippen LogP contribution in [-0.4, -0.2) is 34.7 Å². The van der Waals surface area contributed by atoms with Gasteiger partial charge in [0, 0.05) is 37.0 Å². The summed E-state index contributed by atoms with van der Waals surface area (Å²) in [5, 5.41) is 12.8. The molecule has 1 aromatic carbocycles. The van der Waals surface area contributed by atoms with Crippen molar-refractivity contribution >= 4 is 22.7 Å². The van der Waals surface area contributed by atoms with Crippen LogP contribution in [0.25, 0.3) is 10.9 Å². The fraction of sp³-hybridized carbons (Fsp3) is 0.400. The molecule has 0 bridgehead atoms. The molecule has 1 heterocycles. The van der Waals surface area contributed by atoms with Gasteiger partial charge in [-0.1, -0.05) is 6.07 Å². The number of aliphatic hydroxyl groups is 1. The van der Waals surface area contributed by atoms with E-state index in [1.54, 1.807) is 12.3 Å². The van der Waals surface area contributed by atoms with Crippen molar-refractivity contribution in [3.05, 3.63) is 41.8 Å². The molecule has 2 N–H and O–H groups in total. The predicted molar refractivity (Wildman–Crippen MR) is 82.4 cm³/mol. The first-order chi connectivity index (χ1) is 9.81. The Morgan fingerprint density at radius 1 is 1.30 bits per heavy atom. The number of pyridine rings is 1. The first-order valence-electron chi connectivity index (χ1n) is 6.74. The van der Waals surface area contributed by atoms with E-state index in [-0.39, 0.29) is 12.4 Å². The fourth-order valence-corrected chi connectivity index (χ4v) is 2.82. The first kappa shape index (κ1) is 15.2. The summed E-state index contributed by atoms with van der Waals surface area (Å²) in [6.45, 7) is 1.73. The second-order valence-electron chi connectivity index (χ2n) is 4.51. The molecular weight excluding hydrogens is 275 g/mol. The molecule has 5 heteroatoms. The lowest BCUT2D eigenvalue weighted by atomic mass is 10.1. The Labute approximate surface area is 122 Å². The third-order valence-electron chi connectivity index (χ3n) is 2.93. The Morgan fingerprint density at radius 2 is 2.20 bits per heavy atom. The molecule has 0 saturated heterocycles. The maximum Gasteiger partial charge on any atom is 0.124 e. The Kier molecular flexibility index (Phi) is 6.24. The van der Waals surface area contributed by atoms with Crippen LogP contribution >= 0.6 is 11.8 Å². The maximum absolute atomic E-state index is 13.5. The van der Waals surface area contributed by atoms with Crippen molar-refractivity contribution in [1.82, 2.24) is 10.3 Å². The molecule has 0 amide bonds. The number of nitrogens with one attached hydrogen (secondary N) is 1. The summed E-state index contributed by atoms with van der Waals surface area (Å²) in [7, 11) is 0. The molecule has 1 aromatic heterocycles. The van der Waals surface area contributed by atoms with Gasteiger partial charge in [0.25, 0.3) is 0 Å². The highest BCUT2D eigenvalue weighted by molar-refractivity contribution is 7.99. The van der Waals surface area contributed by atoms with E-state index in [1.165, 1.54) is 6.07 Å². The largest absolute Gasteiger partial charge is 0.396 e. The van der Waals surface area contributed by atoms with Crippen molar-refractivity contribution in [3.63, 3.8) is 0 Å². The van der Waals surface area contributed by atoms with Crippen LogP contribution < -0.4 is 5.32 Å². The lowest BCUT2D eigenvalue weighted by Crippen LogP contribution is -2.17. The normalized spacial score (nSPS) is 11.1. The summed E-state index contributed by atoms with van der Waals surface area (Å²) >= 11 is 1.81. The number of halogens is 1. The number of nitrogens with zero attached hydrogens (tertiary/aromatic N) is 1. The second-order valence-corrected chi connectivity index (χ2v) is 5.73. The third-order valence-corrected chi connectivity index (χ3v) is 4.00. The average Bonchev–Trinajstić information content (AvgIpc) is 2.46. The molecule has 0 atom stereocenters. The van der Waals surface area contributed by atoms with Gasteiger partial charge >= 0.3 is 0 Å². The molecule has 0 aliphatic carbocycles. The summed E-state index contributed by atoms with van der Waals surface area (Å²) in [5.41, 5.74) is 1.75. The molecule has 0 spiro atoms. The Hall–Kier alpha value is -1.17. The fourth-order valence-electron chi connectivity index (χ4n) is 2.00. The molecule has 3 nitrogen and oxygen atoms in total. The number of benzene rings is 1. The molecule has 0 aliphatic heterocycles. The number of hydrogen-bond donors (Lipinski definition) is 2. The monoisotopic (exact) mass is 294 g/mol. The second kappa shape index (κ2) is 8.19. The van der Waals surface area contributed by atoms with Crippen LogP contribution in [0.4, 0.5) is 4.39 Å². The van der Waals surface area contributed by atoms with Crippen molar-refractivity contribution in [2.24, 2.45) is 0 Å². The zero-order chi connectivity index (χ0) is 14.2. The van der Waals surface area contributed by atoms with Gasteiger partial charge in [0.05, 0.1) is 5.52 Å². The van der Waals surface area contributed by atoms with Crippen LogP contribution in [-0.2, 0) is 6.54 Å². The summed E-state index contributed by atoms with van der Waals surface area (Å²) in [4.78, 5) is 4.32. The van der Waals surface area contributed by atoms with Crippen LogP contribution in [0.5, 0.6) is 0 Å².